The zero-order valence-corrected chi connectivity index (χ0v) is 11.0. The number of nitrogens with one attached hydrogen (secondary N) is 2. The van der Waals surface area contributed by atoms with Gasteiger partial charge in [0.1, 0.15) is 0 Å². The molecule has 1 aromatic carbocycles. The lowest BCUT2D eigenvalue weighted by atomic mass is 10.1. The summed E-state index contributed by atoms with van der Waals surface area (Å²) in [6, 6.07) is 7.46. The van der Waals surface area contributed by atoms with Gasteiger partial charge in [0.2, 0.25) is 0 Å². The molecule has 6 nitrogen and oxygen atoms in total. The average Bonchev–Trinajstić information content (AvgIpc) is 2.74. The van der Waals surface area contributed by atoms with Gasteiger partial charge in [0.15, 0.2) is 6.10 Å². The van der Waals surface area contributed by atoms with Gasteiger partial charge >= 0.3 is 5.97 Å². The number of aromatic nitrogens is 1. The molecule has 1 amide bonds. The van der Waals surface area contributed by atoms with E-state index in [0.717, 1.165) is 16.6 Å². The number of benzene rings is 1. The van der Waals surface area contributed by atoms with E-state index in [1.807, 2.05) is 24.3 Å². The van der Waals surface area contributed by atoms with E-state index < -0.39 is 12.1 Å². The van der Waals surface area contributed by atoms with Crippen LogP contribution in [0.5, 0.6) is 0 Å². The van der Waals surface area contributed by atoms with Crippen LogP contribution in [0.4, 0.5) is 0 Å². The number of rotatable bonds is 5. The van der Waals surface area contributed by atoms with E-state index in [1.54, 1.807) is 6.92 Å². The molecule has 2 rings (SSSR count). The van der Waals surface area contributed by atoms with Crippen molar-refractivity contribution in [2.75, 3.05) is 6.54 Å². The summed E-state index contributed by atoms with van der Waals surface area (Å²) in [4.78, 5) is 25.7. The Morgan fingerprint density at radius 3 is 2.75 bits per heavy atom. The number of aliphatic carboxylic acids is 1. The Labute approximate surface area is 115 Å². The number of carbonyl (C=O) groups excluding carboxylic acids is 1. The number of para-hydroxylation sites is 1. The van der Waals surface area contributed by atoms with Crippen molar-refractivity contribution >= 4 is 22.8 Å². The molecule has 0 bridgehead atoms. The van der Waals surface area contributed by atoms with Crippen LogP contribution in [0.3, 0.4) is 0 Å². The lowest BCUT2D eigenvalue weighted by Crippen LogP contribution is -2.30. The van der Waals surface area contributed by atoms with Gasteiger partial charge in [0.05, 0.1) is 5.56 Å². The van der Waals surface area contributed by atoms with E-state index in [1.165, 1.54) is 0 Å². The Morgan fingerprint density at radius 1 is 1.35 bits per heavy atom. The molecule has 106 valence electrons. The van der Waals surface area contributed by atoms with Crippen LogP contribution >= 0.6 is 0 Å². The highest BCUT2D eigenvalue weighted by Gasteiger charge is 2.17. The van der Waals surface area contributed by atoms with Crippen LogP contribution in [0, 0.1) is 6.92 Å². The summed E-state index contributed by atoms with van der Waals surface area (Å²) in [5.74, 6) is -1.57. The van der Waals surface area contributed by atoms with Crippen molar-refractivity contribution < 1.29 is 19.8 Å². The van der Waals surface area contributed by atoms with Gasteiger partial charge < -0.3 is 20.5 Å². The first-order valence-electron chi connectivity index (χ1n) is 6.27. The van der Waals surface area contributed by atoms with Crippen molar-refractivity contribution in [2.45, 2.75) is 19.4 Å². The van der Waals surface area contributed by atoms with Crippen LogP contribution in [0.2, 0.25) is 0 Å². The predicted octanol–water partition coefficient (Wildman–Crippen LogP) is 1.04. The van der Waals surface area contributed by atoms with E-state index in [0.29, 0.717) is 5.56 Å². The van der Waals surface area contributed by atoms with E-state index in [4.69, 9.17) is 10.2 Å². The average molecular weight is 276 g/mol. The molecule has 2 aromatic rings. The number of hydrogen-bond donors (Lipinski definition) is 4. The van der Waals surface area contributed by atoms with Crippen molar-refractivity contribution in [3.8, 4) is 0 Å². The Morgan fingerprint density at radius 2 is 2.05 bits per heavy atom. The first kappa shape index (κ1) is 14.1. The highest BCUT2D eigenvalue weighted by atomic mass is 16.4. The second kappa shape index (κ2) is 5.75. The van der Waals surface area contributed by atoms with Gasteiger partial charge in [0, 0.05) is 29.6 Å². The minimum absolute atomic E-state index is 0.0253. The van der Waals surface area contributed by atoms with E-state index in [-0.39, 0.29) is 18.9 Å². The first-order valence-corrected chi connectivity index (χ1v) is 6.27. The number of carboxylic acid groups (broad SMARTS) is 1. The molecule has 1 heterocycles. The van der Waals surface area contributed by atoms with Crippen LogP contribution in [0.25, 0.3) is 10.9 Å². The molecule has 0 saturated heterocycles. The third kappa shape index (κ3) is 2.80. The van der Waals surface area contributed by atoms with E-state index in [2.05, 4.69) is 10.3 Å². The predicted molar refractivity (Wildman–Crippen MR) is 73.6 cm³/mol. The van der Waals surface area contributed by atoms with Gasteiger partial charge in [0.25, 0.3) is 5.91 Å². The van der Waals surface area contributed by atoms with E-state index >= 15 is 0 Å². The Balaban J connectivity index is 2.08. The maximum atomic E-state index is 12.1. The fraction of sp³-hybridized carbons (Fsp3) is 0.286. The molecule has 0 unspecified atom stereocenters. The highest BCUT2D eigenvalue weighted by molar-refractivity contribution is 6.08. The maximum Gasteiger partial charge on any atom is 0.332 e. The summed E-state index contributed by atoms with van der Waals surface area (Å²) in [5, 5.41) is 21.1. The molecule has 0 spiro atoms. The Hall–Kier alpha value is -2.34. The van der Waals surface area contributed by atoms with Crippen LogP contribution in [0.1, 0.15) is 22.5 Å². The van der Waals surface area contributed by atoms with Crippen LogP contribution < -0.4 is 5.32 Å². The molecular weight excluding hydrogens is 260 g/mol. The van der Waals surface area contributed by atoms with Gasteiger partial charge in [-0.05, 0) is 13.0 Å². The monoisotopic (exact) mass is 276 g/mol. The SMILES string of the molecule is Cc1[nH]c2ccccc2c1C(=O)NCC[C@H](O)C(=O)O. The molecule has 4 N–H and O–H groups in total. The van der Waals surface area contributed by atoms with Gasteiger partial charge in [-0.15, -0.1) is 0 Å². The third-order valence-electron chi connectivity index (χ3n) is 3.11. The highest BCUT2D eigenvalue weighted by Crippen LogP contribution is 2.21. The molecule has 0 radical (unpaired) electrons. The summed E-state index contributed by atoms with van der Waals surface area (Å²) in [6.07, 6.45) is -1.48. The third-order valence-corrected chi connectivity index (χ3v) is 3.11. The summed E-state index contributed by atoms with van der Waals surface area (Å²) >= 11 is 0. The fourth-order valence-corrected chi connectivity index (χ4v) is 2.10. The smallest absolute Gasteiger partial charge is 0.332 e. The molecule has 1 atom stereocenters. The Bertz CT molecular complexity index is 648. The molecule has 0 fully saturated rings. The standard InChI is InChI=1S/C14H16N2O4/c1-8-12(9-4-2-3-5-10(9)16-8)13(18)15-7-6-11(17)14(19)20/h2-5,11,16-17H,6-7H2,1H3,(H,15,18)(H,19,20)/t11-/m0/s1. The number of carboxylic acids is 1. The second-order valence-electron chi connectivity index (χ2n) is 4.57. The van der Waals surface area contributed by atoms with Crippen molar-refractivity contribution in [3.05, 3.63) is 35.5 Å². The van der Waals surface area contributed by atoms with E-state index in [9.17, 15) is 9.59 Å². The molecule has 0 saturated carbocycles. The maximum absolute atomic E-state index is 12.1. The number of aromatic amines is 1. The largest absolute Gasteiger partial charge is 0.479 e. The number of aryl methyl sites for hydroxylation is 1. The molecule has 6 heteroatoms. The van der Waals surface area contributed by atoms with Gasteiger partial charge in [-0.3, -0.25) is 4.79 Å². The molecule has 0 aliphatic rings. The summed E-state index contributed by atoms with van der Waals surface area (Å²) in [7, 11) is 0. The number of fused-ring (bicyclic) bond motifs is 1. The lowest BCUT2D eigenvalue weighted by molar-refractivity contribution is -0.146. The fourth-order valence-electron chi connectivity index (χ4n) is 2.10. The van der Waals surface area contributed by atoms with Crippen LogP contribution in [0.15, 0.2) is 24.3 Å². The van der Waals surface area contributed by atoms with Gasteiger partial charge in [-0.1, -0.05) is 18.2 Å². The normalized spacial score (nSPS) is 12.3. The number of carbonyl (C=O) groups is 2. The van der Waals surface area contributed by atoms with Crippen molar-refractivity contribution in [2.24, 2.45) is 0 Å². The van der Waals surface area contributed by atoms with Crippen LogP contribution in [-0.4, -0.2) is 39.7 Å². The van der Waals surface area contributed by atoms with Crippen LogP contribution in [-0.2, 0) is 4.79 Å². The number of amides is 1. The first-order chi connectivity index (χ1) is 9.50. The number of H-pyrrole nitrogens is 1. The zero-order valence-electron chi connectivity index (χ0n) is 11.0. The second-order valence-corrected chi connectivity index (χ2v) is 4.57. The summed E-state index contributed by atoms with van der Waals surface area (Å²) in [5.41, 5.74) is 2.17. The van der Waals surface area contributed by atoms with Crippen molar-refractivity contribution in [1.82, 2.24) is 10.3 Å². The molecule has 0 aliphatic heterocycles. The lowest BCUT2D eigenvalue weighted by Gasteiger charge is -2.07. The van der Waals surface area contributed by atoms with Gasteiger partial charge in [-0.2, -0.15) is 0 Å². The minimum Gasteiger partial charge on any atom is -0.479 e. The molecule has 20 heavy (non-hydrogen) atoms. The van der Waals surface area contributed by atoms with Crippen molar-refractivity contribution in [1.29, 1.82) is 0 Å². The quantitative estimate of drug-likeness (QED) is 0.655. The molecule has 1 aromatic heterocycles. The summed E-state index contributed by atoms with van der Waals surface area (Å²) < 4.78 is 0. The summed E-state index contributed by atoms with van der Waals surface area (Å²) in [6.45, 7) is 1.91. The van der Waals surface area contributed by atoms with Gasteiger partial charge in [-0.25, -0.2) is 4.79 Å². The number of aliphatic hydroxyl groups excluding tert-OH is 1. The number of aliphatic hydroxyl groups is 1. The number of hydrogen-bond acceptors (Lipinski definition) is 3. The Kier molecular flexibility index (Phi) is 4.05. The molecule has 0 aliphatic carbocycles. The van der Waals surface area contributed by atoms with Crippen molar-refractivity contribution in [3.63, 3.8) is 0 Å². The molecular formula is C14H16N2O4. The minimum atomic E-state index is -1.46. The topological polar surface area (TPSA) is 102 Å². The zero-order chi connectivity index (χ0) is 14.7.